The first kappa shape index (κ1) is 11.4. The molecule has 1 aromatic rings. The number of rotatable bonds is 1. The molecule has 2 radical (unpaired) electrons. The second-order valence-electron chi connectivity index (χ2n) is 1.96. The molecule has 12 heavy (non-hydrogen) atoms. The average Bonchev–Trinajstić information content (AvgIpc) is 2.07. The van der Waals surface area contributed by atoms with Crippen LogP contribution in [0.5, 0.6) is 0 Å². The van der Waals surface area contributed by atoms with E-state index in [0.717, 1.165) is 0 Å². The van der Waals surface area contributed by atoms with Gasteiger partial charge < -0.3 is 10.2 Å². The van der Waals surface area contributed by atoms with Crippen molar-refractivity contribution in [1.82, 2.24) is 0 Å². The van der Waals surface area contributed by atoms with Crippen LogP contribution in [-0.4, -0.2) is 45.3 Å². The van der Waals surface area contributed by atoms with E-state index in [4.69, 9.17) is 15.0 Å². The van der Waals surface area contributed by atoms with Crippen molar-refractivity contribution in [3.63, 3.8) is 0 Å². The molecule has 0 aromatic heterocycles. The summed E-state index contributed by atoms with van der Waals surface area (Å²) in [4.78, 5) is 9.12. The van der Waals surface area contributed by atoms with E-state index in [1.807, 2.05) is 6.07 Å². The Morgan fingerprint density at radius 3 is 1.92 bits per heavy atom. The Labute approximate surface area is 84.1 Å². The molecule has 2 N–H and O–H groups in total. The van der Waals surface area contributed by atoms with Crippen LogP contribution in [0.1, 0.15) is 0 Å². The second kappa shape index (κ2) is 7.12. The van der Waals surface area contributed by atoms with E-state index >= 15 is 0 Å². The van der Waals surface area contributed by atoms with Gasteiger partial charge in [0.2, 0.25) is 0 Å². The molecule has 0 aliphatic carbocycles. The van der Waals surface area contributed by atoms with Gasteiger partial charge in [0.25, 0.3) is 0 Å². The second-order valence-corrected chi connectivity index (χ2v) is 3.87. The molecular weight excluding hydrogens is 263 g/mol. The van der Waals surface area contributed by atoms with E-state index in [2.05, 4.69) is 24.3 Å². The van der Waals surface area contributed by atoms with Gasteiger partial charge in [0.15, 0.2) is 0 Å². The fraction of sp³-hybridized carbons (Fsp3) is 0.125. The summed E-state index contributed by atoms with van der Waals surface area (Å²) in [6.07, 6.45) is 0. The molecule has 4 heteroatoms. The molecule has 0 aliphatic rings. The first-order valence-electron chi connectivity index (χ1n) is 3.30. The van der Waals surface area contributed by atoms with Gasteiger partial charge in [-0.2, -0.15) is 0 Å². The number of aliphatic hydroxyl groups is 1. The van der Waals surface area contributed by atoms with Crippen molar-refractivity contribution in [1.29, 1.82) is 0 Å². The van der Waals surface area contributed by atoms with E-state index in [9.17, 15) is 0 Å². The zero-order valence-corrected chi connectivity index (χ0v) is 9.77. The van der Waals surface area contributed by atoms with Crippen LogP contribution < -0.4 is 3.58 Å². The summed E-state index contributed by atoms with van der Waals surface area (Å²) in [5.74, 6) is -1.19. The fourth-order valence-corrected chi connectivity index (χ4v) is 1.09. The van der Waals surface area contributed by atoms with Crippen molar-refractivity contribution in [2.24, 2.45) is 0 Å². The summed E-state index contributed by atoms with van der Waals surface area (Å²) in [5, 5.41) is 15.0. The number of aliphatic carboxylic acids is 1. The topological polar surface area (TPSA) is 57.5 Å². The molecule has 1 aromatic carbocycles. The molecule has 0 fully saturated rings. The Morgan fingerprint density at radius 1 is 1.33 bits per heavy atom. The number of aliphatic hydroxyl groups excluding tert-OH is 1. The van der Waals surface area contributed by atoms with Gasteiger partial charge in [0, 0.05) is 0 Å². The molecule has 0 saturated carbocycles. The molecule has 0 amide bonds. The van der Waals surface area contributed by atoms with Gasteiger partial charge in [-0.3, -0.25) is 0 Å². The van der Waals surface area contributed by atoms with E-state index < -0.39 is 12.6 Å². The van der Waals surface area contributed by atoms with Crippen LogP contribution in [0.15, 0.2) is 30.3 Å². The van der Waals surface area contributed by atoms with Gasteiger partial charge >= 0.3 is 62.4 Å². The molecule has 3 nitrogen and oxygen atoms in total. The summed E-state index contributed by atoms with van der Waals surface area (Å²) < 4.78 is 1.45. The van der Waals surface area contributed by atoms with E-state index in [0.29, 0.717) is 0 Å². The normalized spacial score (nSPS) is 8.17. The molecule has 64 valence electrons. The fourth-order valence-electron chi connectivity index (χ4n) is 0.453. The van der Waals surface area contributed by atoms with Crippen molar-refractivity contribution >= 4 is 32.1 Å². The number of carboxylic acid groups (broad SMARTS) is 1. The van der Waals surface area contributed by atoms with E-state index in [1.165, 1.54) is 26.1 Å². The molecule has 0 spiro atoms. The van der Waals surface area contributed by atoms with Crippen molar-refractivity contribution in [3.8, 4) is 0 Å². The molecule has 0 heterocycles. The molecule has 1 rings (SSSR count). The Hall–Kier alpha value is -0.551. The summed E-state index contributed by atoms with van der Waals surface area (Å²) in [7, 11) is 0. The van der Waals surface area contributed by atoms with Crippen LogP contribution in [0, 0.1) is 0 Å². The van der Waals surface area contributed by atoms with Gasteiger partial charge in [-0.05, 0) is 0 Å². The molecule has 0 aliphatic heterocycles. The van der Waals surface area contributed by atoms with Crippen LogP contribution in [0.2, 0.25) is 0 Å². The SMILES string of the molecule is O=C(O)CO.[SnH][c]1ccccc1. The summed E-state index contributed by atoms with van der Waals surface area (Å²) in [5.41, 5.74) is 0. The maximum absolute atomic E-state index is 9.12. The monoisotopic (exact) mass is 274 g/mol. The molecule has 0 unspecified atom stereocenters. The summed E-state index contributed by atoms with van der Waals surface area (Å²) in [6, 6.07) is 10.5. The third kappa shape index (κ3) is 7.55. The van der Waals surface area contributed by atoms with Crippen LogP contribution >= 0.6 is 0 Å². The molecular formula is C8H10O3Sn. The van der Waals surface area contributed by atoms with Gasteiger partial charge in [0.05, 0.1) is 0 Å². The number of carbonyl (C=O) groups is 1. The van der Waals surface area contributed by atoms with Crippen LogP contribution in [0.3, 0.4) is 0 Å². The minimum atomic E-state index is -1.19. The first-order chi connectivity index (χ1) is 5.66. The third-order valence-electron chi connectivity index (χ3n) is 0.935. The average molecular weight is 273 g/mol. The third-order valence-corrected chi connectivity index (χ3v) is 2.03. The number of hydrogen-bond donors (Lipinski definition) is 2. The molecule has 0 atom stereocenters. The van der Waals surface area contributed by atoms with Crippen LogP contribution in [0.4, 0.5) is 0 Å². The zero-order valence-electron chi connectivity index (χ0n) is 6.47. The van der Waals surface area contributed by atoms with Crippen molar-refractivity contribution in [2.75, 3.05) is 6.61 Å². The Morgan fingerprint density at radius 2 is 1.75 bits per heavy atom. The quantitative estimate of drug-likeness (QED) is 0.664. The number of benzene rings is 1. The van der Waals surface area contributed by atoms with Gasteiger partial charge in [-0.25, -0.2) is 4.79 Å². The Balaban J connectivity index is 0.000000217. The summed E-state index contributed by atoms with van der Waals surface area (Å²) in [6.45, 7) is -0.778. The molecule has 0 bridgehead atoms. The Bertz CT molecular complexity index is 223. The van der Waals surface area contributed by atoms with E-state index in [-0.39, 0.29) is 0 Å². The number of carboxylic acids is 1. The Kier molecular flexibility index (Phi) is 6.79. The summed E-state index contributed by atoms with van der Waals surface area (Å²) >= 11 is 1.23. The van der Waals surface area contributed by atoms with Crippen molar-refractivity contribution in [3.05, 3.63) is 30.3 Å². The van der Waals surface area contributed by atoms with Gasteiger partial charge in [0.1, 0.15) is 6.61 Å². The van der Waals surface area contributed by atoms with Crippen molar-refractivity contribution < 1.29 is 15.0 Å². The van der Waals surface area contributed by atoms with Crippen LogP contribution in [-0.2, 0) is 4.79 Å². The standard InChI is InChI=1S/C6H5.C2H4O3.Sn.H/c1-2-4-6-5-3-1;3-1-2(4)5;;/h1-5H;3H,1H2,(H,4,5);;. The first-order valence-corrected chi connectivity index (χ1v) is 4.94. The predicted octanol–water partition coefficient (Wildman–Crippen LogP) is -0.724. The van der Waals surface area contributed by atoms with E-state index in [1.54, 1.807) is 0 Å². The minimum absolute atomic E-state index is 0.778. The van der Waals surface area contributed by atoms with Crippen LogP contribution in [0.25, 0.3) is 0 Å². The zero-order chi connectivity index (χ0) is 9.40. The van der Waals surface area contributed by atoms with Crippen molar-refractivity contribution in [2.45, 2.75) is 0 Å². The van der Waals surface area contributed by atoms with Gasteiger partial charge in [-0.1, -0.05) is 0 Å². The maximum atomic E-state index is 9.12. The molecule has 0 saturated heterocycles. The predicted molar refractivity (Wildman–Crippen MR) is 47.9 cm³/mol. The number of hydrogen-bond acceptors (Lipinski definition) is 2. The van der Waals surface area contributed by atoms with Gasteiger partial charge in [-0.15, -0.1) is 0 Å².